The van der Waals surface area contributed by atoms with Gasteiger partial charge in [-0.2, -0.15) is 0 Å². The molecule has 0 radical (unpaired) electrons. The van der Waals surface area contributed by atoms with Crippen molar-refractivity contribution >= 4 is 15.7 Å². The Hall–Kier alpha value is -1.11. The van der Waals surface area contributed by atoms with Crippen LogP contribution in [0.1, 0.15) is 17.5 Å². The molecule has 0 atom stereocenters. The summed E-state index contributed by atoms with van der Waals surface area (Å²) in [7, 11) is -3.73. The summed E-state index contributed by atoms with van der Waals surface area (Å²) in [5.74, 6) is 0. The van der Waals surface area contributed by atoms with Crippen LogP contribution in [0.5, 0.6) is 0 Å². The van der Waals surface area contributed by atoms with Crippen molar-refractivity contribution in [3.05, 3.63) is 23.3 Å². The summed E-state index contributed by atoms with van der Waals surface area (Å²) in [6.07, 6.45) is 1.94. The fraction of sp³-hybridized carbons (Fsp3) is 0.400. The fourth-order valence-electron chi connectivity index (χ4n) is 2.00. The first-order chi connectivity index (χ1) is 7.50. The maximum atomic E-state index is 11.3. The lowest BCUT2D eigenvalue weighted by Gasteiger charge is -2.12. The van der Waals surface area contributed by atoms with Gasteiger partial charge < -0.3 is 11.1 Å². The molecule has 1 aromatic carbocycles. The molecule has 0 fully saturated rings. The lowest BCUT2D eigenvalue weighted by Crippen LogP contribution is -2.18. The van der Waals surface area contributed by atoms with E-state index in [0.717, 1.165) is 30.5 Å². The van der Waals surface area contributed by atoms with Crippen molar-refractivity contribution in [2.45, 2.75) is 24.3 Å². The maximum Gasteiger partial charge on any atom is 0.240 e. The van der Waals surface area contributed by atoms with Gasteiger partial charge >= 0.3 is 0 Å². The second kappa shape index (κ2) is 4.04. The monoisotopic (exact) mass is 241 g/mol. The Balaban J connectivity index is 2.59. The van der Waals surface area contributed by atoms with Crippen LogP contribution in [-0.4, -0.2) is 15.0 Å². The molecule has 5 N–H and O–H groups in total. The van der Waals surface area contributed by atoms with Crippen LogP contribution in [0.2, 0.25) is 0 Å². The summed E-state index contributed by atoms with van der Waals surface area (Å²) in [4.78, 5) is 0.0231. The molecule has 0 amide bonds. The first-order valence-corrected chi connectivity index (χ1v) is 6.68. The van der Waals surface area contributed by atoms with Crippen LogP contribution in [0.4, 0.5) is 5.69 Å². The highest BCUT2D eigenvalue weighted by molar-refractivity contribution is 7.89. The molecule has 16 heavy (non-hydrogen) atoms. The van der Waals surface area contributed by atoms with E-state index in [-0.39, 0.29) is 10.6 Å². The number of nitrogen functional groups attached to an aromatic ring is 1. The van der Waals surface area contributed by atoms with Crippen LogP contribution in [0.15, 0.2) is 17.0 Å². The third kappa shape index (κ3) is 2.04. The van der Waals surface area contributed by atoms with E-state index in [4.69, 9.17) is 10.9 Å². The normalized spacial score (nSPS) is 16.6. The van der Waals surface area contributed by atoms with Crippen molar-refractivity contribution in [2.24, 2.45) is 5.14 Å². The minimum Gasteiger partial charge on any atom is -0.397 e. The maximum absolute atomic E-state index is 11.3. The molecule has 0 aliphatic carbocycles. The second-order valence-electron chi connectivity index (χ2n) is 3.94. The largest absolute Gasteiger partial charge is 0.397 e. The smallest absolute Gasteiger partial charge is 0.240 e. The van der Waals surface area contributed by atoms with Gasteiger partial charge in [-0.15, -0.1) is 0 Å². The molecule has 1 aromatic rings. The molecule has 0 unspecified atom stereocenters. The lowest BCUT2D eigenvalue weighted by atomic mass is 10.0. The summed E-state index contributed by atoms with van der Waals surface area (Å²) in [6.45, 7) is 1.52. The standard InChI is InChI=1S/C10H15N3O2S/c11-10-8-6-13-5-1-2-7(8)3-4-9(10)16(12,14)15/h3-4,13H,1-2,5-6,11H2,(H2,12,14,15). The van der Waals surface area contributed by atoms with E-state index < -0.39 is 10.0 Å². The Morgan fingerprint density at radius 2 is 2.06 bits per heavy atom. The highest BCUT2D eigenvalue weighted by atomic mass is 32.2. The topological polar surface area (TPSA) is 98.2 Å². The van der Waals surface area contributed by atoms with Gasteiger partial charge in [0.1, 0.15) is 4.90 Å². The van der Waals surface area contributed by atoms with Gasteiger partial charge in [0, 0.05) is 6.54 Å². The number of hydrogen-bond donors (Lipinski definition) is 3. The zero-order valence-corrected chi connectivity index (χ0v) is 9.68. The summed E-state index contributed by atoms with van der Waals surface area (Å²) in [5.41, 5.74) is 8.12. The zero-order chi connectivity index (χ0) is 11.8. The van der Waals surface area contributed by atoms with E-state index >= 15 is 0 Å². The molecule has 6 heteroatoms. The van der Waals surface area contributed by atoms with Crippen molar-refractivity contribution < 1.29 is 8.42 Å². The van der Waals surface area contributed by atoms with Crippen LogP contribution >= 0.6 is 0 Å². The van der Waals surface area contributed by atoms with Crippen molar-refractivity contribution in [2.75, 3.05) is 12.3 Å². The van der Waals surface area contributed by atoms with Crippen LogP contribution in [0, 0.1) is 0 Å². The minimum atomic E-state index is -3.73. The molecule has 1 heterocycles. The molecule has 2 rings (SSSR count). The number of nitrogens with two attached hydrogens (primary N) is 2. The van der Waals surface area contributed by atoms with E-state index in [1.807, 2.05) is 0 Å². The number of fused-ring (bicyclic) bond motifs is 1. The predicted octanol–water partition coefficient (Wildman–Crippen LogP) is -0.0480. The van der Waals surface area contributed by atoms with Gasteiger partial charge in [0.25, 0.3) is 0 Å². The minimum absolute atomic E-state index is 0.0231. The number of benzene rings is 1. The lowest BCUT2D eigenvalue weighted by molar-refractivity contribution is 0.598. The zero-order valence-electron chi connectivity index (χ0n) is 8.86. The summed E-state index contributed by atoms with van der Waals surface area (Å²) in [6, 6.07) is 3.30. The number of nitrogens with one attached hydrogen (secondary N) is 1. The molecule has 5 nitrogen and oxygen atoms in total. The molecule has 0 aromatic heterocycles. The Morgan fingerprint density at radius 1 is 1.31 bits per heavy atom. The number of aryl methyl sites for hydroxylation is 1. The van der Waals surface area contributed by atoms with Crippen LogP contribution in [-0.2, 0) is 23.0 Å². The molecular weight excluding hydrogens is 226 g/mol. The van der Waals surface area contributed by atoms with E-state index in [2.05, 4.69) is 5.32 Å². The van der Waals surface area contributed by atoms with E-state index in [9.17, 15) is 8.42 Å². The first kappa shape index (κ1) is 11.4. The highest BCUT2D eigenvalue weighted by Gasteiger charge is 2.18. The highest BCUT2D eigenvalue weighted by Crippen LogP contribution is 2.26. The van der Waals surface area contributed by atoms with Gasteiger partial charge in [-0.1, -0.05) is 6.07 Å². The van der Waals surface area contributed by atoms with E-state index in [0.29, 0.717) is 6.54 Å². The summed E-state index contributed by atoms with van der Waals surface area (Å²) < 4.78 is 22.6. The van der Waals surface area contributed by atoms with Crippen LogP contribution in [0.3, 0.4) is 0 Å². The average molecular weight is 241 g/mol. The number of anilines is 1. The molecule has 1 aliphatic heterocycles. The Bertz CT molecular complexity index is 511. The van der Waals surface area contributed by atoms with E-state index in [1.54, 1.807) is 6.07 Å². The van der Waals surface area contributed by atoms with Crippen molar-refractivity contribution in [3.8, 4) is 0 Å². The van der Waals surface area contributed by atoms with Gasteiger partial charge in [-0.25, -0.2) is 13.6 Å². The quantitative estimate of drug-likeness (QED) is 0.600. The Morgan fingerprint density at radius 3 is 2.75 bits per heavy atom. The number of primary sulfonamides is 1. The number of hydrogen-bond acceptors (Lipinski definition) is 4. The molecule has 88 valence electrons. The number of rotatable bonds is 1. The van der Waals surface area contributed by atoms with Crippen molar-refractivity contribution in [3.63, 3.8) is 0 Å². The predicted molar refractivity (Wildman–Crippen MR) is 62.3 cm³/mol. The molecule has 0 bridgehead atoms. The third-order valence-corrected chi connectivity index (χ3v) is 3.79. The third-order valence-electron chi connectivity index (χ3n) is 2.82. The van der Waals surface area contributed by atoms with Gasteiger partial charge in [-0.3, -0.25) is 0 Å². The van der Waals surface area contributed by atoms with Gasteiger partial charge in [0.2, 0.25) is 10.0 Å². The first-order valence-electron chi connectivity index (χ1n) is 5.14. The summed E-state index contributed by atoms with van der Waals surface area (Å²) in [5, 5.41) is 8.31. The average Bonchev–Trinajstić information content (AvgIpc) is 2.41. The summed E-state index contributed by atoms with van der Waals surface area (Å²) >= 11 is 0. The van der Waals surface area contributed by atoms with Gasteiger partial charge in [-0.05, 0) is 36.6 Å². The van der Waals surface area contributed by atoms with E-state index in [1.165, 1.54) is 6.07 Å². The van der Waals surface area contributed by atoms with Gasteiger partial charge in [0.15, 0.2) is 0 Å². The molecule has 1 aliphatic rings. The molecule has 0 saturated carbocycles. The molecule has 0 spiro atoms. The van der Waals surface area contributed by atoms with Crippen molar-refractivity contribution in [1.82, 2.24) is 5.32 Å². The molecule has 0 saturated heterocycles. The fourth-order valence-corrected chi connectivity index (χ4v) is 2.68. The van der Waals surface area contributed by atoms with Crippen molar-refractivity contribution in [1.29, 1.82) is 0 Å². The van der Waals surface area contributed by atoms with Crippen LogP contribution in [0.25, 0.3) is 0 Å². The van der Waals surface area contributed by atoms with Gasteiger partial charge in [0.05, 0.1) is 5.69 Å². The molecular formula is C10H15N3O2S. The Kier molecular flexibility index (Phi) is 2.88. The van der Waals surface area contributed by atoms with Crippen LogP contribution < -0.4 is 16.2 Å². The second-order valence-corrected chi connectivity index (χ2v) is 5.47. The Labute approximate surface area is 94.9 Å². The SMILES string of the molecule is Nc1c(S(N)(=O)=O)ccc2c1CNCCC2. The number of sulfonamides is 1.